The molecule has 0 saturated carbocycles. The van der Waals surface area contributed by atoms with Crippen LogP contribution in [0.25, 0.3) is 5.76 Å². The number of aromatic hydroxyl groups is 2. The van der Waals surface area contributed by atoms with Crippen LogP contribution in [0, 0.1) is 0 Å². The van der Waals surface area contributed by atoms with Crippen LogP contribution < -0.4 is 0 Å². The van der Waals surface area contributed by atoms with Gasteiger partial charge in [-0.3, -0.25) is 4.79 Å². The SMILES string of the molecule is COC1(O)C=CC(=C(O)c2ccc(O)cc2O)C(=O)C1. The van der Waals surface area contributed by atoms with Crippen molar-refractivity contribution in [3.05, 3.63) is 41.5 Å². The predicted molar refractivity (Wildman–Crippen MR) is 70.0 cm³/mol. The molecular formula is C14H14O6. The molecular weight excluding hydrogens is 264 g/mol. The fraction of sp³-hybridized carbons (Fsp3) is 0.214. The summed E-state index contributed by atoms with van der Waals surface area (Å²) in [5, 5.41) is 38.7. The van der Waals surface area contributed by atoms with Crippen LogP contribution in [0.1, 0.15) is 12.0 Å². The van der Waals surface area contributed by atoms with Gasteiger partial charge in [-0.25, -0.2) is 0 Å². The average molecular weight is 278 g/mol. The number of methoxy groups -OCH3 is 1. The quantitative estimate of drug-likeness (QED) is 0.368. The molecule has 1 aliphatic carbocycles. The number of hydrogen-bond acceptors (Lipinski definition) is 6. The van der Waals surface area contributed by atoms with E-state index in [2.05, 4.69) is 0 Å². The number of phenols is 2. The molecule has 1 aliphatic rings. The van der Waals surface area contributed by atoms with Gasteiger partial charge in [0, 0.05) is 13.2 Å². The lowest BCUT2D eigenvalue weighted by Gasteiger charge is -2.25. The third kappa shape index (κ3) is 2.52. The van der Waals surface area contributed by atoms with E-state index in [1.807, 2.05) is 0 Å². The van der Waals surface area contributed by atoms with Crippen LogP contribution in [0.5, 0.6) is 11.5 Å². The zero-order valence-corrected chi connectivity index (χ0v) is 10.7. The normalized spacial score (nSPS) is 24.8. The lowest BCUT2D eigenvalue weighted by Crippen LogP contribution is -2.34. The first kappa shape index (κ1) is 14.1. The smallest absolute Gasteiger partial charge is 0.192 e. The lowest BCUT2D eigenvalue weighted by molar-refractivity contribution is -0.160. The maximum Gasteiger partial charge on any atom is 0.192 e. The first-order chi connectivity index (χ1) is 9.36. The third-order valence-electron chi connectivity index (χ3n) is 3.07. The summed E-state index contributed by atoms with van der Waals surface area (Å²) in [6.07, 6.45) is 2.15. The monoisotopic (exact) mass is 278 g/mol. The molecule has 20 heavy (non-hydrogen) atoms. The number of aliphatic hydroxyl groups excluding tert-OH is 1. The molecule has 0 bridgehead atoms. The van der Waals surface area contributed by atoms with E-state index < -0.39 is 17.3 Å². The molecule has 2 rings (SSSR count). The minimum absolute atomic E-state index is 0.0126. The molecule has 0 amide bonds. The number of phenolic OH excluding ortho intramolecular Hbond substituents is 2. The molecule has 0 aromatic heterocycles. The van der Waals surface area contributed by atoms with E-state index in [4.69, 9.17) is 4.74 Å². The van der Waals surface area contributed by atoms with Crippen LogP contribution in [0.15, 0.2) is 35.9 Å². The summed E-state index contributed by atoms with van der Waals surface area (Å²) < 4.78 is 4.78. The van der Waals surface area contributed by atoms with Crippen LogP contribution in [0.2, 0.25) is 0 Å². The highest BCUT2D eigenvalue weighted by atomic mass is 16.6. The summed E-state index contributed by atoms with van der Waals surface area (Å²) in [6, 6.07) is 3.61. The largest absolute Gasteiger partial charge is 0.508 e. The predicted octanol–water partition coefficient (Wildman–Crippen LogP) is 1.23. The van der Waals surface area contributed by atoms with Crippen LogP contribution in [0.4, 0.5) is 0 Å². The topological polar surface area (TPSA) is 107 Å². The standard InChI is InChI=1S/C14H14O6/c1-20-14(19)5-4-10(12(17)7-14)13(18)9-3-2-8(15)6-11(9)16/h2-6,15-16,18-19H,7H2,1H3. The van der Waals surface area contributed by atoms with Gasteiger partial charge < -0.3 is 25.2 Å². The molecule has 1 unspecified atom stereocenters. The van der Waals surface area contributed by atoms with Crippen molar-refractivity contribution in [3.8, 4) is 11.5 Å². The second-order valence-electron chi connectivity index (χ2n) is 4.45. The Morgan fingerprint density at radius 2 is 2.05 bits per heavy atom. The number of hydrogen-bond donors (Lipinski definition) is 4. The van der Waals surface area contributed by atoms with E-state index in [0.717, 1.165) is 6.07 Å². The van der Waals surface area contributed by atoms with E-state index in [-0.39, 0.29) is 29.1 Å². The maximum atomic E-state index is 11.9. The van der Waals surface area contributed by atoms with E-state index in [1.165, 1.54) is 31.4 Å². The Hall–Kier alpha value is -2.31. The lowest BCUT2D eigenvalue weighted by atomic mass is 9.93. The Kier molecular flexibility index (Phi) is 3.52. The van der Waals surface area contributed by atoms with E-state index in [9.17, 15) is 25.2 Å². The van der Waals surface area contributed by atoms with E-state index in [1.54, 1.807) is 0 Å². The van der Waals surface area contributed by atoms with Gasteiger partial charge in [0.25, 0.3) is 0 Å². The Balaban J connectivity index is 2.47. The second kappa shape index (κ2) is 4.99. The van der Waals surface area contributed by atoms with Gasteiger partial charge in [-0.2, -0.15) is 0 Å². The zero-order valence-electron chi connectivity index (χ0n) is 10.7. The number of ether oxygens (including phenoxy) is 1. The highest BCUT2D eigenvalue weighted by Crippen LogP contribution is 2.32. The number of allylic oxidation sites excluding steroid dienone is 2. The van der Waals surface area contributed by atoms with Gasteiger partial charge in [-0.1, -0.05) is 0 Å². The molecule has 6 nitrogen and oxygen atoms in total. The molecule has 1 atom stereocenters. The van der Waals surface area contributed by atoms with Gasteiger partial charge in [-0.15, -0.1) is 0 Å². The highest BCUT2D eigenvalue weighted by molar-refractivity contribution is 6.05. The first-order valence-corrected chi connectivity index (χ1v) is 5.82. The van der Waals surface area contributed by atoms with Crippen molar-refractivity contribution < 1.29 is 30.0 Å². The van der Waals surface area contributed by atoms with Crippen LogP contribution in [0.3, 0.4) is 0 Å². The minimum atomic E-state index is -1.68. The van der Waals surface area contributed by atoms with Crippen molar-refractivity contribution >= 4 is 11.5 Å². The molecule has 0 aliphatic heterocycles. The van der Waals surface area contributed by atoms with Crippen molar-refractivity contribution in [1.82, 2.24) is 0 Å². The van der Waals surface area contributed by atoms with Crippen molar-refractivity contribution in [3.63, 3.8) is 0 Å². The van der Waals surface area contributed by atoms with Crippen LogP contribution in [-0.4, -0.2) is 39.1 Å². The first-order valence-electron chi connectivity index (χ1n) is 5.82. The molecule has 106 valence electrons. The molecule has 0 spiro atoms. The number of Topliss-reactive ketones (excluding diaryl/α,β-unsaturated/α-hetero) is 1. The minimum Gasteiger partial charge on any atom is -0.508 e. The van der Waals surface area contributed by atoms with Gasteiger partial charge in [-0.05, 0) is 24.3 Å². The zero-order chi connectivity index (χ0) is 14.9. The summed E-state index contributed by atoms with van der Waals surface area (Å²) in [7, 11) is 1.26. The molecule has 0 fully saturated rings. The molecule has 0 radical (unpaired) electrons. The van der Waals surface area contributed by atoms with Gasteiger partial charge in [0.1, 0.15) is 17.3 Å². The van der Waals surface area contributed by atoms with Gasteiger partial charge in [0.2, 0.25) is 0 Å². The highest BCUT2D eigenvalue weighted by Gasteiger charge is 2.33. The van der Waals surface area contributed by atoms with Crippen molar-refractivity contribution in [2.24, 2.45) is 0 Å². The Morgan fingerprint density at radius 1 is 1.35 bits per heavy atom. The molecule has 0 heterocycles. The Bertz CT molecular complexity index is 616. The van der Waals surface area contributed by atoms with Crippen LogP contribution in [-0.2, 0) is 9.53 Å². The number of carbonyl (C=O) groups excluding carboxylic acids is 1. The maximum absolute atomic E-state index is 11.9. The number of aliphatic hydroxyl groups is 2. The fourth-order valence-corrected chi connectivity index (χ4v) is 1.91. The number of ketones is 1. The van der Waals surface area contributed by atoms with E-state index >= 15 is 0 Å². The molecule has 4 N–H and O–H groups in total. The number of carbonyl (C=O) groups is 1. The van der Waals surface area contributed by atoms with Gasteiger partial charge in [0.05, 0.1) is 17.6 Å². The summed E-state index contributed by atoms with van der Waals surface area (Å²) >= 11 is 0. The molecule has 0 saturated heterocycles. The van der Waals surface area contributed by atoms with Crippen molar-refractivity contribution in [1.29, 1.82) is 0 Å². The Morgan fingerprint density at radius 3 is 2.60 bits per heavy atom. The van der Waals surface area contributed by atoms with Crippen LogP contribution >= 0.6 is 0 Å². The Labute approximate surface area is 114 Å². The molecule has 1 aromatic carbocycles. The summed E-state index contributed by atoms with van der Waals surface area (Å²) in [6.45, 7) is 0. The van der Waals surface area contributed by atoms with E-state index in [0.29, 0.717) is 0 Å². The van der Waals surface area contributed by atoms with Gasteiger partial charge >= 0.3 is 0 Å². The van der Waals surface area contributed by atoms with Crippen molar-refractivity contribution in [2.75, 3.05) is 7.11 Å². The summed E-state index contributed by atoms with van der Waals surface area (Å²) in [5.41, 5.74) is -0.0358. The number of rotatable bonds is 2. The van der Waals surface area contributed by atoms with Crippen molar-refractivity contribution in [2.45, 2.75) is 12.2 Å². The average Bonchev–Trinajstić information content (AvgIpc) is 2.38. The van der Waals surface area contributed by atoms with Gasteiger partial charge in [0.15, 0.2) is 11.6 Å². The fourth-order valence-electron chi connectivity index (χ4n) is 1.91. The number of benzene rings is 1. The summed E-state index contributed by atoms with van der Waals surface area (Å²) in [4.78, 5) is 11.9. The third-order valence-corrected chi connectivity index (χ3v) is 3.07. The molecule has 6 heteroatoms. The second-order valence-corrected chi connectivity index (χ2v) is 4.45. The molecule has 1 aromatic rings. The summed E-state index contributed by atoms with van der Waals surface area (Å²) in [5.74, 6) is -3.16.